The second kappa shape index (κ2) is 7.30. The number of aromatic nitrogens is 2. The second-order valence-corrected chi connectivity index (χ2v) is 7.70. The molecule has 0 saturated carbocycles. The first-order chi connectivity index (χ1) is 11.6. The van der Waals surface area contributed by atoms with Crippen LogP contribution < -0.4 is 10.2 Å². The van der Waals surface area contributed by atoms with E-state index in [4.69, 9.17) is 0 Å². The summed E-state index contributed by atoms with van der Waals surface area (Å²) < 4.78 is 0. The summed E-state index contributed by atoms with van der Waals surface area (Å²) in [5, 5.41) is 13.6. The zero-order valence-corrected chi connectivity index (χ0v) is 15.1. The highest BCUT2D eigenvalue weighted by molar-refractivity contribution is 7.09. The lowest BCUT2D eigenvalue weighted by Gasteiger charge is -2.38. The van der Waals surface area contributed by atoms with Crippen molar-refractivity contribution in [3.8, 4) is 0 Å². The van der Waals surface area contributed by atoms with Gasteiger partial charge in [0.2, 0.25) is 5.91 Å². The van der Waals surface area contributed by atoms with Gasteiger partial charge >= 0.3 is 0 Å². The Hall–Kier alpha value is -1.95. The lowest BCUT2D eigenvalue weighted by molar-refractivity contribution is -0.131. The number of rotatable bonds is 5. The molecule has 2 aromatic heterocycles. The van der Waals surface area contributed by atoms with Gasteiger partial charge in [-0.1, -0.05) is 13.0 Å². The van der Waals surface area contributed by atoms with Crippen molar-refractivity contribution in [1.82, 2.24) is 15.5 Å². The summed E-state index contributed by atoms with van der Waals surface area (Å²) in [7, 11) is 0. The van der Waals surface area contributed by atoms with Crippen molar-refractivity contribution in [1.29, 1.82) is 0 Å². The van der Waals surface area contributed by atoms with E-state index in [2.05, 4.69) is 38.8 Å². The van der Waals surface area contributed by atoms with E-state index in [0.29, 0.717) is 6.54 Å². The highest BCUT2D eigenvalue weighted by Crippen LogP contribution is 2.32. The predicted octanol–water partition coefficient (Wildman–Crippen LogP) is 2.81. The van der Waals surface area contributed by atoms with E-state index >= 15 is 0 Å². The first-order valence-corrected chi connectivity index (χ1v) is 9.31. The van der Waals surface area contributed by atoms with Crippen molar-refractivity contribution in [3.05, 3.63) is 40.2 Å². The molecule has 1 aliphatic heterocycles. The predicted molar refractivity (Wildman–Crippen MR) is 97.4 cm³/mol. The number of hydrogen-bond acceptors (Lipinski definition) is 5. The molecule has 128 valence electrons. The van der Waals surface area contributed by atoms with Crippen LogP contribution in [0.4, 0.5) is 5.82 Å². The topological polar surface area (TPSA) is 58.1 Å². The number of carbonyl (C=O) groups is 1. The molecule has 1 fully saturated rings. The maximum absolute atomic E-state index is 12.6. The molecule has 5 nitrogen and oxygen atoms in total. The molecule has 1 amide bonds. The number of nitrogens with zero attached hydrogens (tertiary/aromatic N) is 3. The Balaban J connectivity index is 1.50. The Morgan fingerprint density at radius 2 is 2.08 bits per heavy atom. The fourth-order valence-corrected chi connectivity index (χ4v) is 3.69. The second-order valence-electron chi connectivity index (χ2n) is 6.67. The van der Waals surface area contributed by atoms with Crippen molar-refractivity contribution in [2.75, 3.05) is 24.5 Å². The molecule has 1 N–H and O–H groups in total. The Morgan fingerprint density at radius 1 is 1.29 bits per heavy atom. The van der Waals surface area contributed by atoms with Crippen LogP contribution in [0.1, 0.15) is 30.3 Å². The van der Waals surface area contributed by atoms with Crippen LogP contribution in [0, 0.1) is 12.3 Å². The third-order valence-corrected chi connectivity index (χ3v) is 5.70. The van der Waals surface area contributed by atoms with E-state index in [0.717, 1.165) is 43.9 Å². The summed E-state index contributed by atoms with van der Waals surface area (Å²) in [4.78, 5) is 16.1. The maximum atomic E-state index is 12.6. The summed E-state index contributed by atoms with van der Waals surface area (Å²) in [6.45, 7) is 6.40. The molecule has 1 saturated heterocycles. The van der Waals surface area contributed by atoms with Gasteiger partial charge in [-0.05, 0) is 49.8 Å². The number of aryl methyl sites for hydroxylation is 1. The summed E-state index contributed by atoms with van der Waals surface area (Å²) in [5.74, 6) is 1.08. The minimum Gasteiger partial charge on any atom is -0.355 e. The van der Waals surface area contributed by atoms with Crippen molar-refractivity contribution in [2.45, 2.75) is 33.1 Å². The normalized spacial score (nSPS) is 16.8. The summed E-state index contributed by atoms with van der Waals surface area (Å²) >= 11 is 1.74. The average Bonchev–Trinajstić information content (AvgIpc) is 3.10. The first-order valence-electron chi connectivity index (χ1n) is 8.43. The molecule has 0 aliphatic carbocycles. The fourth-order valence-electron chi connectivity index (χ4n) is 2.98. The van der Waals surface area contributed by atoms with Crippen molar-refractivity contribution < 1.29 is 4.79 Å². The van der Waals surface area contributed by atoms with Gasteiger partial charge in [-0.2, -0.15) is 5.10 Å². The zero-order chi connectivity index (χ0) is 17.0. The largest absolute Gasteiger partial charge is 0.355 e. The standard InChI is InChI=1S/C18H24N4OS/c1-14-5-6-16(21-20-14)22-11-8-18(2,9-12-22)17(23)19-10-7-15-4-3-13-24-15/h3-6,13H,7-12H2,1-2H3,(H,19,23). The molecule has 0 aromatic carbocycles. The minimum absolute atomic E-state index is 0.175. The summed E-state index contributed by atoms with van der Waals surface area (Å²) in [5.41, 5.74) is 0.634. The van der Waals surface area contributed by atoms with Crippen LogP contribution in [0.3, 0.4) is 0 Å². The van der Waals surface area contributed by atoms with Crippen LogP contribution in [0.25, 0.3) is 0 Å². The number of carbonyl (C=O) groups excluding carboxylic acids is 1. The van der Waals surface area contributed by atoms with Gasteiger partial charge in [0.25, 0.3) is 0 Å². The molecule has 3 heterocycles. The fraction of sp³-hybridized carbons (Fsp3) is 0.500. The van der Waals surface area contributed by atoms with E-state index in [-0.39, 0.29) is 11.3 Å². The Bertz CT molecular complexity index is 661. The third kappa shape index (κ3) is 3.93. The van der Waals surface area contributed by atoms with Gasteiger partial charge in [0.15, 0.2) is 5.82 Å². The summed E-state index contributed by atoms with van der Waals surface area (Å²) in [6, 6.07) is 8.14. The van der Waals surface area contributed by atoms with E-state index in [1.807, 2.05) is 25.1 Å². The van der Waals surface area contributed by atoms with E-state index in [1.165, 1.54) is 4.88 Å². The first kappa shape index (κ1) is 16.9. The van der Waals surface area contributed by atoms with E-state index in [1.54, 1.807) is 11.3 Å². The molecule has 0 atom stereocenters. The van der Waals surface area contributed by atoms with Crippen LogP contribution in [0.15, 0.2) is 29.6 Å². The highest BCUT2D eigenvalue weighted by atomic mass is 32.1. The van der Waals surface area contributed by atoms with Crippen molar-refractivity contribution >= 4 is 23.1 Å². The van der Waals surface area contributed by atoms with E-state index < -0.39 is 0 Å². The zero-order valence-electron chi connectivity index (χ0n) is 14.3. The van der Waals surface area contributed by atoms with E-state index in [9.17, 15) is 4.79 Å². The average molecular weight is 344 g/mol. The molecule has 0 radical (unpaired) electrons. The molecule has 6 heteroatoms. The molecular formula is C18H24N4OS. The number of anilines is 1. The van der Waals surface area contributed by atoms with Crippen LogP contribution >= 0.6 is 11.3 Å². The molecular weight excluding hydrogens is 320 g/mol. The van der Waals surface area contributed by atoms with Gasteiger partial charge in [-0.15, -0.1) is 16.4 Å². The van der Waals surface area contributed by atoms with Crippen LogP contribution in [0.2, 0.25) is 0 Å². The summed E-state index contributed by atoms with van der Waals surface area (Å²) in [6.07, 6.45) is 2.59. The van der Waals surface area contributed by atoms with Gasteiger partial charge in [-0.3, -0.25) is 4.79 Å². The van der Waals surface area contributed by atoms with Crippen LogP contribution in [-0.2, 0) is 11.2 Å². The molecule has 3 rings (SSSR count). The maximum Gasteiger partial charge on any atom is 0.226 e. The molecule has 0 spiro atoms. The molecule has 24 heavy (non-hydrogen) atoms. The number of hydrogen-bond donors (Lipinski definition) is 1. The third-order valence-electron chi connectivity index (χ3n) is 4.76. The number of piperidine rings is 1. The number of amides is 1. The van der Waals surface area contributed by atoms with Gasteiger partial charge in [-0.25, -0.2) is 0 Å². The minimum atomic E-state index is -0.288. The van der Waals surface area contributed by atoms with Crippen LogP contribution in [0.5, 0.6) is 0 Å². The van der Waals surface area contributed by atoms with Gasteiger partial charge in [0, 0.05) is 29.9 Å². The Kier molecular flexibility index (Phi) is 5.14. The molecule has 2 aromatic rings. The lowest BCUT2D eigenvalue weighted by atomic mass is 9.79. The number of nitrogens with one attached hydrogen (secondary N) is 1. The molecule has 0 unspecified atom stereocenters. The van der Waals surface area contributed by atoms with Gasteiger partial charge < -0.3 is 10.2 Å². The molecule has 0 bridgehead atoms. The lowest BCUT2D eigenvalue weighted by Crippen LogP contribution is -2.47. The van der Waals surface area contributed by atoms with Gasteiger partial charge in [0.1, 0.15) is 0 Å². The van der Waals surface area contributed by atoms with Crippen molar-refractivity contribution in [2.24, 2.45) is 5.41 Å². The molecule has 1 aliphatic rings. The Labute approximate surface area is 147 Å². The van der Waals surface area contributed by atoms with Crippen molar-refractivity contribution in [3.63, 3.8) is 0 Å². The highest BCUT2D eigenvalue weighted by Gasteiger charge is 2.37. The monoisotopic (exact) mass is 344 g/mol. The number of thiophene rings is 1. The quantitative estimate of drug-likeness (QED) is 0.906. The van der Waals surface area contributed by atoms with Crippen LogP contribution in [-0.4, -0.2) is 35.7 Å². The smallest absolute Gasteiger partial charge is 0.226 e. The van der Waals surface area contributed by atoms with Gasteiger partial charge in [0.05, 0.1) is 5.69 Å². The SMILES string of the molecule is Cc1ccc(N2CCC(C)(C(=O)NCCc3cccs3)CC2)nn1. The Morgan fingerprint density at radius 3 is 2.71 bits per heavy atom.